The molecule has 0 amide bonds. The number of hydrogen-bond donors (Lipinski definition) is 2. The molecular weight excluding hydrogens is 376 g/mol. The van der Waals surface area contributed by atoms with Crippen LogP contribution in [-0.2, 0) is 28.4 Å². The van der Waals surface area contributed by atoms with Gasteiger partial charge in [0.2, 0.25) is 0 Å². The Kier molecular flexibility index (Phi) is 20.3. The van der Waals surface area contributed by atoms with Gasteiger partial charge < -0.3 is 38.6 Å². The van der Waals surface area contributed by atoms with Crippen LogP contribution < -0.4 is 0 Å². The molecular formula is C14H29BrO8. The van der Waals surface area contributed by atoms with E-state index in [0.717, 1.165) is 0 Å². The lowest BCUT2D eigenvalue weighted by Crippen LogP contribution is -2.15. The highest BCUT2D eigenvalue weighted by Crippen LogP contribution is 1.93. The lowest BCUT2D eigenvalue weighted by Gasteiger charge is -2.08. The molecule has 0 bridgehead atoms. The molecule has 0 aromatic heterocycles. The SMILES string of the molecule is OCCOCCOCCOCCOCCOCCOCC(O)Br. The van der Waals surface area contributed by atoms with Gasteiger partial charge in [-0.05, 0) is 0 Å². The summed E-state index contributed by atoms with van der Waals surface area (Å²) < 4.78 is 31.3. The van der Waals surface area contributed by atoms with E-state index in [9.17, 15) is 0 Å². The van der Waals surface area contributed by atoms with Crippen molar-refractivity contribution >= 4 is 15.9 Å². The summed E-state index contributed by atoms with van der Waals surface area (Å²) in [7, 11) is 0. The van der Waals surface area contributed by atoms with Gasteiger partial charge in [-0.25, -0.2) is 0 Å². The van der Waals surface area contributed by atoms with Crippen molar-refractivity contribution in [3.8, 4) is 0 Å². The zero-order chi connectivity index (χ0) is 17.0. The van der Waals surface area contributed by atoms with E-state index in [4.69, 9.17) is 38.6 Å². The van der Waals surface area contributed by atoms with Gasteiger partial charge in [0.1, 0.15) is 5.01 Å². The van der Waals surface area contributed by atoms with Crippen LogP contribution >= 0.6 is 15.9 Å². The highest BCUT2D eigenvalue weighted by Gasteiger charge is 1.97. The summed E-state index contributed by atoms with van der Waals surface area (Å²) in [5.74, 6) is 0. The van der Waals surface area contributed by atoms with E-state index in [1.165, 1.54) is 0 Å². The predicted octanol–water partition coefficient (Wildman–Crippen LogP) is -0.208. The number of aliphatic hydroxyl groups excluding tert-OH is 2. The zero-order valence-corrected chi connectivity index (χ0v) is 15.1. The maximum atomic E-state index is 8.88. The molecule has 8 nitrogen and oxygen atoms in total. The van der Waals surface area contributed by atoms with Gasteiger partial charge in [0.15, 0.2) is 0 Å². The van der Waals surface area contributed by atoms with Crippen LogP contribution in [0.3, 0.4) is 0 Å². The number of hydrogen-bond acceptors (Lipinski definition) is 8. The van der Waals surface area contributed by atoms with Gasteiger partial charge >= 0.3 is 0 Å². The lowest BCUT2D eigenvalue weighted by molar-refractivity contribution is -0.0200. The molecule has 0 fully saturated rings. The molecule has 0 aliphatic carbocycles. The average molecular weight is 405 g/mol. The van der Waals surface area contributed by atoms with Gasteiger partial charge in [-0.2, -0.15) is 0 Å². The quantitative estimate of drug-likeness (QED) is 0.225. The molecule has 140 valence electrons. The third kappa shape index (κ3) is 22.2. The minimum absolute atomic E-state index is 0.0310. The van der Waals surface area contributed by atoms with Crippen LogP contribution in [0.2, 0.25) is 0 Å². The van der Waals surface area contributed by atoms with E-state index < -0.39 is 5.01 Å². The predicted molar refractivity (Wildman–Crippen MR) is 86.9 cm³/mol. The fourth-order valence-electron chi connectivity index (χ4n) is 1.34. The normalized spacial score (nSPS) is 12.7. The second-order valence-electron chi connectivity index (χ2n) is 4.29. The highest BCUT2D eigenvalue weighted by atomic mass is 79.9. The zero-order valence-electron chi connectivity index (χ0n) is 13.5. The van der Waals surface area contributed by atoms with E-state index in [2.05, 4.69) is 15.9 Å². The van der Waals surface area contributed by atoms with Gasteiger partial charge in [0.25, 0.3) is 0 Å². The van der Waals surface area contributed by atoms with Gasteiger partial charge in [-0.1, -0.05) is 15.9 Å². The fourth-order valence-corrected chi connectivity index (χ4v) is 1.53. The molecule has 23 heavy (non-hydrogen) atoms. The molecule has 9 heteroatoms. The molecule has 0 saturated carbocycles. The Hall–Kier alpha value is 0.160. The van der Waals surface area contributed by atoms with Crippen molar-refractivity contribution in [2.24, 2.45) is 0 Å². The van der Waals surface area contributed by atoms with Crippen LogP contribution in [0.25, 0.3) is 0 Å². The van der Waals surface area contributed by atoms with Crippen molar-refractivity contribution in [1.82, 2.24) is 0 Å². The first kappa shape index (κ1) is 23.2. The van der Waals surface area contributed by atoms with Gasteiger partial charge in [-0.3, -0.25) is 0 Å². The van der Waals surface area contributed by atoms with Crippen LogP contribution in [0.15, 0.2) is 0 Å². The first-order valence-corrected chi connectivity index (χ1v) is 8.58. The van der Waals surface area contributed by atoms with Crippen LogP contribution in [-0.4, -0.2) is 101 Å². The van der Waals surface area contributed by atoms with Crippen molar-refractivity contribution in [1.29, 1.82) is 0 Å². The lowest BCUT2D eigenvalue weighted by atomic mass is 10.7. The first-order valence-electron chi connectivity index (χ1n) is 7.66. The second-order valence-corrected chi connectivity index (χ2v) is 5.35. The Morgan fingerprint density at radius 2 is 0.870 bits per heavy atom. The van der Waals surface area contributed by atoms with E-state index in [1.54, 1.807) is 0 Å². The van der Waals surface area contributed by atoms with Crippen LogP contribution in [0.4, 0.5) is 0 Å². The second kappa shape index (κ2) is 20.2. The Balaban J connectivity index is 2.95. The summed E-state index contributed by atoms with van der Waals surface area (Å²) in [4.78, 5) is 0. The van der Waals surface area contributed by atoms with Crippen molar-refractivity contribution in [2.45, 2.75) is 5.01 Å². The summed E-state index contributed by atoms with van der Waals surface area (Å²) in [6.07, 6.45) is 0. The average Bonchev–Trinajstić information content (AvgIpc) is 2.53. The van der Waals surface area contributed by atoms with Crippen molar-refractivity contribution < 1.29 is 38.6 Å². The maximum absolute atomic E-state index is 8.88. The monoisotopic (exact) mass is 404 g/mol. The molecule has 0 saturated heterocycles. The summed E-state index contributed by atoms with van der Waals surface area (Å²) in [6.45, 7) is 5.54. The molecule has 0 rings (SSSR count). The van der Waals surface area contributed by atoms with Crippen molar-refractivity contribution in [2.75, 3.05) is 85.9 Å². The summed E-state index contributed by atoms with van der Waals surface area (Å²) in [6, 6.07) is 0. The number of aliphatic hydroxyl groups is 2. The Bertz CT molecular complexity index is 221. The van der Waals surface area contributed by atoms with E-state index >= 15 is 0 Å². The summed E-state index contributed by atoms with van der Waals surface area (Å²) >= 11 is 2.96. The Morgan fingerprint density at radius 3 is 1.17 bits per heavy atom. The van der Waals surface area contributed by atoms with E-state index in [1.807, 2.05) is 0 Å². The number of rotatable bonds is 19. The van der Waals surface area contributed by atoms with Gasteiger partial charge in [-0.15, -0.1) is 0 Å². The first-order chi connectivity index (χ1) is 11.3. The minimum atomic E-state index is -0.629. The van der Waals surface area contributed by atoms with Gasteiger partial charge in [0.05, 0.1) is 85.9 Å². The third-order valence-electron chi connectivity index (χ3n) is 2.35. The Labute approximate surface area is 146 Å². The molecule has 0 aliphatic rings. The molecule has 0 aliphatic heterocycles. The molecule has 1 atom stereocenters. The van der Waals surface area contributed by atoms with Crippen molar-refractivity contribution in [3.05, 3.63) is 0 Å². The fraction of sp³-hybridized carbons (Fsp3) is 1.00. The number of ether oxygens (including phenoxy) is 6. The van der Waals surface area contributed by atoms with Crippen LogP contribution in [0, 0.1) is 0 Å². The standard InChI is InChI=1S/C14H29BrO8/c15-14(17)13-23-12-11-22-10-9-21-8-7-20-6-5-19-4-3-18-2-1-16/h14,16-17H,1-13H2. The molecule has 2 N–H and O–H groups in total. The number of alkyl halides is 1. The molecule has 0 radical (unpaired) electrons. The topological polar surface area (TPSA) is 95.8 Å². The van der Waals surface area contributed by atoms with Crippen LogP contribution in [0.1, 0.15) is 0 Å². The van der Waals surface area contributed by atoms with E-state index in [0.29, 0.717) is 72.7 Å². The largest absolute Gasteiger partial charge is 0.394 e. The van der Waals surface area contributed by atoms with E-state index in [-0.39, 0.29) is 13.2 Å². The summed E-state index contributed by atoms with van der Waals surface area (Å²) in [5, 5.41) is 16.7. The number of halogens is 1. The van der Waals surface area contributed by atoms with Crippen molar-refractivity contribution in [3.63, 3.8) is 0 Å². The molecule has 0 aromatic carbocycles. The molecule has 0 heterocycles. The smallest absolute Gasteiger partial charge is 0.132 e. The van der Waals surface area contributed by atoms with Gasteiger partial charge in [0, 0.05) is 0 Å². The third-order valence-corrected chi connectivity index (χ3v) is 2.62. The molecule has 0 aromatic rings. The Morgan fingerprint density at radius 1 is 0.565 bits per heavy atom. The maximum Gasteiger partial charge on any atom is 0.132 e. The minimum Gasteiger partial charge on any atom is -0.394 e. The molecule has 1 unspecified atom stereocenters. The summed E-state index contributed by atoms with van der Waals surface area (Å²) in [5.41, 5.74) is 0. The molecule has 0 spiro atoms. The van der Waals surface area contributed by atoms with Crippen LogP contribution in [0.5, 0.6) is 0 Å². The highest BCUT2D eigenvalue weighted by molar-refractivity contribution is 9.09.